The highest BCUT2D eigenvalue weighted by molar-refractivity contribution is 6.42. The molecule has 1 amide bonds. The van der Waals surface area contributed by atoms with Crippen molar-refractivity contribution in [3.8, 4) is 5.75 Å². The Balaban J connectivity index is 2.11. The fourth-order valence-corrected chi connectivity index (χ4v) is 2.71. The van der Waals surface area contributed by atoms with Crippen molar-refractivity contribution < 1.29 is 9.53 Å². The van der Waals surface area contributed by atoms with Crippen LogP contribution in [0.4, 0.5) is 0 Å². The monoisotopic (exact) mass is 349 g/mol. The second-order valence-electron chi connectivity index (χ2n) is 5.00. The predicted molar refractivity (Wildman–Crippen MR) is 90.4 cm³/mol. The Morgan fingerprint density at radius 3 is 2.65 bits per heavy atom. The van der Waals surface area contributed by atoms with E-state index in [1.54, 1.807) is 36.1 Å². The van der Waals surface area contributed by atoms with Gasteiger partial charge in [0.15, 0.2) is 5.69 Å². The SMILES string of the molecule is COc1ccc2c(C(N)=O)nn(Cc3ccc(Cl)c(Cl)c3)c2c1. The van der Waals surface area contributed by atoms with Crippen LogP contribution in [-0.2, 0) is 6.54 Å². The van der Waals surface area contributed by atoms with Crippen molar-refractivity contribution in [2.75, 3.05) is 7.11 Å². The summed E-state index contributed by atoms with van der Waals surface area (Å²) in [5, 5.41) is 5.95. The van der Waals surface area contributed by atoms with E-state index in [1.165, 1.54) is 0 Å². The van der Waals surface area contributed by atoms with Crippen LogP contribution in [0.25, 0.3) is 10.9 Å². The van der Waals surface area contributed by atoms with Crippen LogP contribution in [0.15, 0.2) is 36.4 Å². The first kappa shape index (κ1) is 15.6. The van der Waals surface area contributed by atoms with E-state index in [4.69, 9.17) is 33.7 Å². The maximum absolute atomic E-state index is 11.6. The number of aromatic nitrogens is 2. The van der Waals surface area contributed by atoms with Gasteiger partial charge >= 0.3 is 0 Å². The van der Waals surface area contributed by atoms with Gasteiger partial charge in [0.2, 0.25) is 0 Å². The summed E-state index contributed by atoms with van der Waals surface area (Å²) in [7, 11) is 1.58. The molecule has 0 fully saturated rings. The topological polar surface area (TPSA) is 70.1 Å². The zero-order valence-electron chi connectivity index (χ0n) is 12.2. The number of rotatable bonds is 4. The molecule has 23 heavy (non-hydrogen) atoms. The molecule has 2 aromatic carbocycles. The number of hydrogen-bond donors (Lipinski definition) is 1. The Morgan fingerprint density at radius 2 is 2.00 bits per heavy atom. The normalized spacial score (nSPS) is 10.9. The summed E-state index contributed by atoms with van der Waals surface area (Å²) in [6.45, 7) is 0.424. The molecule has 0 spiro atoms. The molecule has 1 aromatic heterocycles. The van der Waals surface area contributed by atoms with Crippen LogP contribution < -0.4 is 10.5 Å². The van der Waals surface area contributed by atoms with E-state index in [0.29, 0.717) is 27.7 Å². The number of nitrogens with zero attached hydrogens (tertiary/aromatic N) is 2. The molecule has 3 rings (SSSR count). The molecule has 1 heterocycles. The van der Waals surface area contributed by atoms with Gasteiger partial charge in [0.05, 0.1) is 29.2 Å². The fourth-order valence-electron chi connectivity index (χ4n) is 2.39. The van der Waals surface area contributed by atoms with Crippen molar-refractivity contribution in [2.24, 2.45) is 5.73 Å². The van der Waals surface area contributed by atoms with Crippen LogP contribution in [0.2, 0.25) is 10.0 Å². The lowest BCUT2D eigenvalue weighted by Crippen LogP contribution is -2.13. The zero-order chi connectivity index (χ0) is 16.6. The molecule has 0 unspecified atom stereocenters. The fraction of sp³-hybridized carbons (Fsp3) is 0.125. The molecule has 118 valence electrons. The van der Waals surface area contributed by atoms with Gasteiger partial charge < -0.3 is 10.5 Å². The van der Waals surface area contributed by atoms with Gasteiger partial charge in [0.25, 0.3) is 5.91 Å². The molecule has 0 radical (unpaired) electrons. The lowest BCUT2D eigenvalue weighted by Gasteiger charge is -2.06. The summed E-state index contributed by atoms with van der Waals surface area (Å²) >= 11 is 12.0. The quantitative estimate of drug-likeness (QED) is 0.783. The van der Waals surface area contributed by atoms with Gasteiger partial charge in [0.1, 0.15) is 5.75 Å². The van der Waals surface area contributed by atoms with E-state index in [-0.39, 0.29) is 5.69 Å². The number of fused-ring (bicyclic) bond motifs is 1. The number of nitrogens with two attached hydrogens (primary N) is 1. The molecule has 0 saturated heterocycles. The molecule has 0 aliphatic heterocycles. The van der Waals surface area contributed by atoms with Crippen molar-refractivity contribution >= 4 is 40.0 Å². The highest BCUT2D eigenvalue weighted by Crippen LogP contribution is 2.26. The highest BCUT2D eigenvalue weighted by atomic mass is 35.5. The summed E-state index contributed by atoms with van der Waals surface area (Å²) in [6, 6.07) is 10.7. The van der Waals surface area contributed by atoms with Crippen LogP contribution in [0.1, 0.15) is 16.1 Å². The highest BCUT2D eigenvalue weighted by Gasteiger charge is 2.16. The first-order valence-corrected chi connectivity index (χ1v) is 7.53. The van der Waals surface area contributed by atoms with Crippen molar-refractivity contribution in [1.82, 2.24) is 9.78 Å². The maximum atomic E-state index is 11.6. The van der Waals surface area contributed by atoms with Crippen molar-refractivity contribution in [1.29, 1.82) is 0 Å². The summed E-state index contributed by atoms with van der Waals surface area (Å²) in [4.78, 5) is 11.6. The number of ether oxygens (including phenoxy) is 1. The molecule has 0 aliphatic rings. The van der Waals surface area contributed by atoms with E-state index in [0.717, 1.165) is 11.1 Å². The molecule has 0 aliphatic carbocycles. The Kier molecular flexibility index (Phi) is 4.15. The molecule has 0 saturated carbocycles. The van der Waals surface area contributed by atoms with E-state index in [1.807, 2.05) is 12.1 Å². The third-order valence-electron chi connectivity index (χ3n) is 3.51. The van der Waals surface area contributed by atoms with Gasteiger partial charge in [-0.05, 0) is 29.8 Å². The van der Waals surface area contributed by atoms with Crippen molar-refractivity contribution in [3.63, 3.8) is 0 Å². The smallest absolute Gasteiger partial charge is 0.269 e. The molecule has 3 aromatic rings. The summed E-state index contributed by atoms with van der Waals surface area (Å²) in [5.41, 5.74) is 7.30. The van der Waals surface area contributed by atoms with Gasteiger partial charge in [-0.3, -0.25) is 9.48 Å². The summed E-state index contributed by atoms with van der Waals surface area (Å²) < 4.78 is 6.93. The van der Waals surface area contributed by atoms with E-state index < -0.39 is 5.91 Å². The standard InChI is InChI=1S/C16H13Cl2N3O2/c1-23-10-3-4-11-14(7-10)21(20-15(11)16(19)22)8-9-2-5-12(17)13(18)6-9/h2-7H,8H2,1H3,(H2,19,22). The van der Waals surface area contributed by atoms with Crippen LogP contribution in [0.3, 0.4) is 0 Å². The Labute approximate surface area is 142 Å². The van der Waals surface area contributed by atoms with Crippen LogP contribution in [0, 0.1) is 0 Å². The van der Waals surface area contributed by atoms with E-state index >= 15 is 0 Å². The van der Waals surface area contributed by atoms with Crippen molar-refractivity contribution in [2.45, 2.75) is 6.54 Å². The number of halogens is 2. The molecule has 5 nitrogen and oxygen atoms in total. The third kappa shape index (κ3) is 2.98. The minimum absolute atomic E-state index is 0.225. The number of hydrogen-bond acceptors (Lipinski definition) is 3. The van der Waals surface area contributed by atoms with Crippen LogP contribution in [0.5, 0.6) is 5.75 Å². The molecule has 0 atom stereocenters. The number of carbonyl (C=O) groups is 1. The molecule has 2 N–H and O–H groups in total. The third-order valence-corrected chi connectivity index (χ3v) is 4.25. The first-order valence-electron chi connectivity index (χ1n) is 6.78. The largest absolute Gasteiger partial charge is 0.497 e. The van der Waals surface area contributed by atoms with Gasteiger partial charge in [-0.25, -0.2) is 0 Å². The second kappa shape index (κ2) is 6.10. The first-order chi connectivity index (χ1) is 11.0. The van der Waals surface area contributed by atoms with Gasteiger partial charge in [-0.15, -0.1) is 0 Å². The molecule has 7 heteroatoms. The minimum Gasteiger partial charge on any atom is -0.497 e. The predicted octanol–water partition coefficient (Wildman–Crippen LogP) is 3.50. The zero-order valence-corrected chi connectivity index (χ0v) is 13.7. The second-order valence-corrected chi connectivity index (χ2v) is 5.82. The number of primary amides is 1. The minimum atomic E-state index is -0.576. The number of carbonyl (C=O) groups excluding carboxylic acids is 1. The number of benzene rings is 2. The molecular weight excluding hydrogens is 337 g/mol. The maximum Gasteiger partial charge on any atom is 0.269 e. The number of methoxy groups -OCH3 is 1. The summed E-state index contributed by atoms with van der Waals surface area (Å²) in [5.74, 6) is 0.0943. The van der Waals surface area contributed by atoms with E-state index in [9.17, 15) is 4.79 Å². The average molecular weight is 350 g/mol. The average Bonchev–Trinajstić information content (AvgIpc) is 2.89. The van der Waals surface area contributed by atoms with E-state index in [2.05, 4.69) is 5.10 Å². The molecular formula is C16H13Cl2N3O2. The van der Waals surface area contributed by atoms with Gasteiger partial charge in [-0.2, -0.15) is 5.10 Å². The van der Waals surface area contributed by atoms with Gasteiger partial charge in [-0.1, -0.05) is 29.3 Å². The summed E-state index contributed by atoms with van der Waals surface area (Å²) in [6.07, 6.45) is 0. The lowest BCUT2D eigenvalue weighted by atomic mass is 10.2. The number of amides is 1. The van der Waals surface area contributed by atoms with Crippen molar-refractivity contribution in [3.05, 3.63) is 57.7 Å². The lowest BCUT2D eigenvalue weighted by molar-refractivity contribution is 0.0996. The van der Waals surface area contributed by atoms with Crippen LogP contribution >= 0.6 is 23.2 Å². The Morgan fingerprint density at radius 1 is 1.22 bits per heavy atom. The van der Waals surface area contributed by atoms with Crippen LogP contribution in [-0.4, -0.2) is 22.8 Å². The molecule has 0 bridgehead atoms. The Hall–Kier alpha value is -2.24. The van der Waals surface area contributed by atoms with Gasteiger partial charge in [0, 0.05) is 11.5 Å². The Bertz CT molecular complexity index is 906.